The van der Waals surface area contributed by atoms with Crippen LogP contribution in [0.5, 0.6) is 5.75 Å². The average molecular weight is 347 g/mol. The number of aliphatic hydroxyl groups is 2. The van der Waals surface area contributed by atoms with E-state index >= 15 is 0 Å². The maximum Gasteiger partial charge on any atom is 0.272 e. The average Bonchev–Trinajstić information content (AvgIpc) is 2.62. The van der Waals surface area contributed by atoms with E-state index in [0.717, 1.165) is 0 Å². The van der Waals surface area contributed by atoms with Crippen LogP contribution in [-0.2, 0) is 0 Å². The molecule has 1 aromatic carbocycles. The van der Waals surface area contributed by atoms with Crippen molar-refractivity contribution >= 4 is 5.91 Å². The summed E-state index contributed by atoms with van der Waals surface area (Å²) in [5.41, 5.74) is 0.127. The van der Waals surface area contributed by atoms with Gasteiger partial charge in [-0.1, -0.05) is 6.07 Å². The second-order valence-corrected chi connectivity index (χ2v) is 5.86. The predicted octanol–water partition coefficient (Wildman–Crippen LogP) is 0.677. The molecule has 1 fully saturated rings. The molecule has 3 rings (SSSR count). The molecule has 8 heteroatoms. The standard InChI is InChI=1S/C17H18FN3O4/c18-10-3-1-4-11(9-10)25-14-7-6-12(15(22)16(14)23)20-17(24)13-5-2-8-19-21-13/h1-5,8-9,12,14-16,22-23H,6-7H2,(H,20,24)/t12-,14-,15-,16-/m1/s1. The molecule has 1 aromatic heterocycles. The first kappa shape index (κ1) is 17.2. The first-order chi connectivity index (χ1) is 12.0. The highest BCUT2D eigenvalue weighted by molar-refractivity contribution is 5.92. The summed E-state index contributed by atoms with van der Waals surface area (Å²) in [6, 6.07) is 8.01. The molecule has 0 radical (unpaired) electrons. The summed E-state index contributed by atoms with van der Waals surface area (Å²) in [6.07, 6.45) is -0.895. The molecule has 4 atom stereocenters. The van der Waals surface area contributed by atoms with Gasteiger partial charge >= 0.3 is 0 Å². The van der Waals surface area contributed by atoms with Crippen LogP contribution >= 0.6 is 0 Å². The molecular weight excluding hydrogens is 329 g/mol. The van der Waals surface area contributed by atoms with E-state index in [2.05, 4.69) is 15.5 Å². The Balaban J connectivity index is 1.61. The van der Waals surface area contributed by atoms with Crippen LogP contribution in [0.3, 0.4) is 0 Å². The molecule has 0 aliphatic heterocycles. The normalized spacial score (nSPS) is 26.0. The summed E-state index contributed by atoms with van der Waals surface area (Å²) < 4.78 is 18.8. The number of aromatic nitrogens is 2. The molecule has 1 saturated carbocycles. The molecular formula is C17H18FN3O4. The lowest BCUT2D eigenvalue weighted by Gasteiger charge is -2.37. The van der Waals surface area contributed by atoms with E-state index in [1.54, 1.807) is 12.1 Å². The lowest BCUT2D eigenvalue weighted by atomic mass is 9.87. The summed E-state index contributed by atoms with van der Waals surface area (Å²) in [4.78, 5) is 12.1. The molecule has 0 saturated heterocycles. The van der Waals surface area contributed by atoms with E-state index in [4.69, 9.17) is 4.74 Å². The zero-order valence-corrected chi connectivity index (χ0v) is 13.2. The zero-order valence-electron chi connectivity index (χ0n) is 13.2. The van der Waals surface area contributed by atoms with Crippen molar-refractivity contribution in [3.63, 3.8) is 0 Å². The van der Waals surface area contributed by atoms with Gasteiger partial charge < -0.3 is 20.3 Å². The summed E-state index contributed by atoms with van der Waals surface area (Å²) in [5.74, 6) is -0.649. The Morgan fingerprint density at radius 1 is 1.20 bits per heavy atom. The largest absolute Gasteiger partial charge is 0.488 e. The zero-order chi connectivity index (χ0) is 17.8. The molecule has 0 unspecified atom stereocenters. The third-order valence-corrected chi connectivity index (χ3v) is 4.11. The fraction of sp³-hybridized carbons (Fsp3) is 0.353. The maximum absolute atomic E-state index is 13.2. The second-order valence-electron chi connectivity index (χ2n) is 5.86. The highest BCUT2D eigenvalue weighted by Gasteiger charge is 2.39. The number of hydrogen-bond acceptors (Lipinski definition) is 6. The summed E-state index contributed by atoms with van der Waals surface area (Å²) >= 11 is 0. The highest BCUT2D eigenvalue weighted by atomic mass is 19.1. The fourth-order valence-electron chi connectivity index (χ4n) is 2.81. The number of ether oxygens (including phenoxy) is 1. The van der Waals surface area contributed by atoms with Crippen molar-refractivity contribution in [3.8, 4) is 5.75 Å². The van der Waals surface area contributed by atoms with Crippen molar-refractivity contribution in [1.82, 2.24) is 15.5 Å². The number of hydrogen-bond donors (Lipinski definition) is 3. The van der Waals surface area contributed by atoms with Crippen molar-refractivity contribution in [2.24, 2.45) is 0 Å². The molecule has 1 aliphatic carbocycles. The summed E-state index contributed by atoms with van der Waals surface area (Å²) in [6.45, 7) is 0. The van der Waals surface area contributed by atoms with Gasteiger partial charge in [-0.15, -0.1) is 5.10 Å². The molecule has 1 amide bonds. The fourth-order valence-corrected chi connectivity index (χ4v) is 2.81. The number of benzene rings is 1. The smallest absolute Gasteiger partial charge is 0.272 e. The number of halogens is 1. The van der Waals surface area contributed by atoms with Gasteiger partial charge in [0.1, 0.15) is 29.9 Å². The van der Waals surface area contributed by atoms with E-state index < -0.39 is 36.1 Å². The van der Waals surface area contributed by atoms with Crippen molar-refractivity contribution in [3.05, 3.63) is 54.1 Å². The Labute approximate surface area is 143 Å². The minimum absolute atomic E-state index is 0.127. The summed E-state index contributed by atoms with van der Waals surface area (Å²) in [5, 5.41) is 30.5. The van der Waals surface area contributed by atoms with E-state index in [1.807, 2.05) is 0 Å². The third-order valence-electron chi connectivity index (χ3n) is 4.11. The topological polar surface area (TPSA) is 105 Å². The number of nitrogens with one attached hydrogen (secondary N) is 1. The van der Waals surface area contributed by atoms with Crippen LogP contribution < -0.4 is 10.1 Å². The number of amides is 1. The van der Waals surface area contributed by atoms with Crippen LogP contribution in [-0.4, -0.2) is 50.7 Å². The van der Waals surface area contributed by atoms with Crippen molar-refractivity contribution < 1.29 is 24.1 Å². The van der Waals surface area contributed by atoms with Crippen LogP contribution in [0.15, 0.2) is 42.6 Å². The minimum atomic E-state index is -1.22. The Kier molecular flexibility index (Phi) is 5.20. The molecule has 132 valence electrons. The van der Waals surface area contributed by atoms with Crippen molar-refractivity contribution in [1.29, 1.82) is 0 Å². The second kappa shape index (κ2) is 7.54. The van der Waals surface area contributed by atoms with Gasteiger partial charge in [-0.25, -0.2) is 4.39 Å². The molecule has 1 heterocycles. The minimum Gasteiger partial charge on any atom is -0.488 e. The number of carbonyl (C=O) groups is 1. The SMILES string of the molecule is O=C(N[C@@H]1CC[C@@H](Oc2cccc(F)c2)[C@@H](O)[C@@H]1O)c1cccnn1. The Morgan fingerprint density at radius 2 is 2.04 bits per heavy atom. The van der Waals surface area contributed by atoms with E-state index in [-0.39, 0.29) is 11.4 Å². The summed E-state index contributed by atoms with van der Waals surface area (Å²) in [7, 11) is 0. The van der Waals surface area contributed by atoms with Gasteiger partial charge in [-0.05, 0) is 37.1 Å². The molecule has 0 spiro atoms. The highest BCUT2D eigenvalue weighted by Crippen LogP contribution is 2.25. The number of rotatable bonds is 4. The van der Waals surface area contributed by atoms with Crippen molar-refractivity contribution in [2.75, 3.05) is 0 Å². The Morgan fingerprint density at radius 3 is 2.76 bits per heavy atom. The van der Waals surface area contributed by atoms with Gasteiger partial charge in [0.2, 0.25) is 0 Å². The molecule has 1 aliphatic rings. The van der Waals surface area contributed by atoms with E-state index in [9.17, 15) is 19.4 Å². The van der Waals surface area contributed by atoms with Crippen LogP contribution in [0.2, 0.25) is 0 Å². The van der Waals surface area contributed by atoms with Gasteiger partial charge in [-0.3, -0.25) is 4.79 Å². The van der Waals surface area contributed by atoms with Crippen LogP contribution in [0.4, 0.5) is 4.39 Å². The van der Waals surface area contributed by atoms with Gasteiger partial charge in [0.05, 0.1) is 6.04 Å². The van der Waals surface area contributed by atoms with Crippen LogP contribution in [0, 0.1) is 5.82 Å². The first-order valence-corrected chi connectivity index (χ1v) is 7.91. The lowest BCUT2D eigenvalue weighted by molar-refractivity contribution is -0.0875. The first-order valence-electron chi connectivity index (χ1n) is 7.91. The van der Waals surface area contributed by atoms with Crippen molar-refractivity contribution in [2.45, 2.75) is 37.2 Å². The molecule has 2 aromatic rings. The van der Waals surface area contributed by atoms with Gasteiger partial charge in [0.15, 0.2) is 5.69 Å². The number of nitrogens with zero attached hydrogens (tertiary/aromatic N) is 2. The van der Waals surface area contributed by atoms with Gasteiger partial charge in [-0.2, -0.15) is 5.10 Å². The van der Waals surface area contributed by atoms with Gasteiger partial charge in [0, 0.05) is 12.3 Å². The van der Waals surface area contributed by atoms with Crippen LogP contribution in [0.1, 0.15) is 23.3 Å². The quantitative estimate of drug-likeness (QED) is 0.751. The third kappa shape index (κ3) is 4.09. The molecule has 3 N–H and O–H groups in total. The van der Waals surface area contributed by atoms with Gasteiger partial charge in [0.25, 0.3) is 5.91 Å². The Hall–Kier alpha value is -2.58. The van der Waals surface area contributed by atoms with Crippen LogP contribution in [0.25, 0.3) is 0 Å². The number of carbonyl (C=O) groups excluding carboxylic acids is 1. The van der Waals surface area contributed by atoms with E-state index in [1.165, 1.54) is 30.5 Å². The van der Waals surface area contributed by atoms with E-state index in [0.29, 0.717) is 12.8 Å². The predicted molar refractivity (Wildman–Crippen MR) is 85.3 cm³/mol. The Bertz CT molecular complexity index is 731. The molecule has 25 heavy (non-hydrogen) atoms. The number of aliphatic hydroxyl groups excluding tert-OH is 2. The monoisotopic (exact) mass is 347 g/mol. The molecule has 0 bridgehead atoms. The maximum atomic E-state index is 13.2. The lowest BCUT2D eigenvalue weighted by Crippen LogP contribution is -2.57. The molecule has 7 nitrogen and oxygen atoms in total.